The Hall–Kier alpha value is -3.15. The number of likely N-dealkylation sites (tertiary alicyclic amines) is 1. The molecule has 156 valence electrons. The highest BCUT2D eigenvalue weighted by atomic mass is 16.5. The molecule has 0 bridgehead atoms. The quantitative estimate of drug-likeness (QED) is 0.611. The van der Waals surface area contributed by atoms with Gasteiger partial charge in [0.15, 0.2) is 5.82 Å². The lowest BCUT2D eigenvalue weighted by Crippen LogP contribution is -2.39. The summed E-state index contributed by atoms with van der Waals surface area (Å²) in [5.41, 5.74) is 2.98. The van der Waals surface area contributed by atoms with Crippen LogP contribution in [0, 0.1) is 13.8 Å². The second kappa shape index (κ2) is 9.11. The average Bonchev–Trinajstić information content (AvgIpc) is 3.22. The van der Waals surface area contributed by atoms with Crippen LogP contribution in [-0.2, 0) is 6.42 Å². The van der Waals surface area contributed by atoms with Crippen LogP contribution >= 0.6 is 0 Å². The summed E-state index contributed by atoms with van der Waals surface area (Å²) in [4.78, 5) is 19.3. The van der Waals surface area contributed by atoms with E-state index in [4.69, 9.17) is 9.26 Å². The third kappa shape index (κ3) is 4.87. The third-order valence-corrected chi connectivity index (χ3v) is 5.39. The summed E-state index contributed by atoms with van der Waals surface area (Å²) in [6.07, 6.45) is 2.45. The number of ether oxygens (including phenoxy) is 1. The van der Waals surface area contributed by atoms with Crippen LogP contribution in [0.1, 0.15) is 52.0 Å². The van der Waals surface area contributed by atoms with Crippen LogP contribution in [0.3, 0.4) is 0 Å². The van der Waals surface area contributed by atoms with Crippen molar-refractivity contribution in [2.45, 2.75) is 39.0 Å². The molecule has 0 radical (unpaired) electrons. The van der Waals surface area contributed by atoms with Gasteiger partial charge in [0.25, 0.3) is 5.91 Å². The summed E-state index contributed by atoms with van der Waals surface area (Å²) < 4.78 is 11.3. The van der Waals surface area contributed by atoms with Crippen LogP contribution in [0.25, 0.3) is 0 Å². The maximum atomic E-state index is 12.9. The number of carbonyl (C=O) groups excluding carboxylic acids is 1. The molecule has 6 nitrogen and oxygen atoms in total. The predicted octanol–water partition coefficient (Wildman–Crippen LogP) is 4.33. The van der Waals surface area contributed by atoms with Gasteiger partial charge < -0.3 is 14.2 Å². The number of hydrogen-bond acceptors (Lipinski definition) is 5. The molecular formula is C24H27N3O3. The minimum absolute atomic E-state index is 0.0645. The lowest BCUT2D eigenvalue weighted by atomic mass is 9.97. The molecule has 4 rings (SSSR count). The molecule has 1 fully saturated rings. The Labute approximate surface area is 176 Å². The van der Waals surface area contributed by atoms with E-state index in [1.807, 2.05) is 67.3 Å². The van der Waals surface area contributed by atoms with Gasteiger partial charge in [-0.3, -0.25) is 4.79 Å². The topological polar surface area (TPSA) is 68.5 Å². The van der Waals surface area contributed by atoms with E-state index in [2.05, 4.69) is 10.1 Å². The molecule has 6 heteroatoms. The van der Waals surface area contributed by atoms with Gasteiger partial charge in [0.05, 0.1) is 12.5 Å². The summed E-state index contributed by atoms with van der Waals surface area (Å²) in [7, 11) is 0. The third-order valence-electron chi connectivity index (χ3n) is 5.39. The zero-order valence-corrected chi connectivity index (χ0v) is 17.5. The molecule has 0 spiro atoms. The number of amides is 1. The molecule has 1 amide bonds. The lowest BCUT2D eigenvalue weighted by Gasteiger charge is -2.31. The van der Waals surface area contributed by atoms with Gasteiger partial charge in [0, 0.05) is 25.1 Å². The van der Waals surface area contributed by atoms with Crippen molar-refractivity contribution in [3.63, 3.8) is 0 Å². The number of nitrogens with zero attached hydrogens (tertiary/aromatic N) is 3. The maximum absolute atomic E-state index is 12.9. The number of carbonyl (C=O) groups is 1. The molecule has 2 aromatic carbocycles. The fourth-order valence-corrected chi connectivity index (χ4v) is 3.82. The van der Waals surface area contributed by atoms with Gasteiger partial charge in [-0.15, -0.1) is 0 Å². The number of piperidine rings is 1. The van der Waals surface area contributed by atoms with Crippen molar-refractivity contribution in [3.8, 4) is 5.75 Å². The second-order valence-corrected chi connectivity index (χ2v) is 7.92. The van der Waals surface area contributed by atoms with Gasteiger partial charge in [0.2, 0.25) is 5.89 Å². The summed E-state index contributed by atoms with van der Waals surface area (Å²) in [5.74, 6) is 2.24. The highest BCUT2D eigenvalue weighted by Gasteiger charge is 2.29. The normalized spacial score (nSPS) is 16.5. The number of aryl methyl sites for hydroxylation is 2. The van der Waals surface area contributed by atoms with Crippen molar-refractivity contribution < 1.29 is 14.1 Å². The van der Waals surface area contributed by atoms with Gasteiger partial charge in [-0.2, -0.15) is 4.98 Å². The first kappa shape index (κ1) is 20.1. The molecule has 0 N–H and O–H groups in total. The molecule has 2 heterocycles. The molecule has 30 heavy (non-hydrogen) atoms. The second-order valence-electron chi connectivity index (χ2n) is 7.92. The van der Waals surface area contributed by atoms with Crippen molar-refractivity contribution >= 4 is 5.91 Å². The Morgan fingerprint density at radius 3 is 2.77 bits per heavy atom. The van der Waals surface area contributed by atoms with E-state index in [0.29, 0.717) is 31.3 Å². The molecular weight excluding hydrogens is 378 g/mol. The number of aromatic nitrogens is 2. The van der Waals surface area contributed by atoms with Gasteiger partial charge in [-0.1, -0.05) is 35.0 Å². The van der Waals surface area contributed by atoms with E-state index < -0.39 is 0 Å². The first-order valence-electron chi connectivity index (χ1n) is 10.5. The molecule has 1 aliphatic rings. The maximum Gasteiger partial charge on any atom is 0.253 e. The number of rotatable bonds is 6. The zero-order chi connectivity index (χ0) is 20.9. The average molecular weight is 405 g/mol. The SMILES string of the molecule is Cc1cccc(OCCc2noc(C3CCCN(C(=O)c4cccc(C)c4)C3)n2)c1. The lowest BCUT2D eigenvalue weighted by molar-refractivity contribution is 0.0695. The van der Waals surface area contributed by atoms with Crippen molar-refractivity contribution in [1.82, 2.24) is 15.0 Å². The molecule has 1 aliphatic heterocycles. The predicted molar refractivity (Wildman–Crippen MR) is 114 cm³/mol. The van der Waals surface area contributed by atoms with Crippen LogP contribution in [0.5, 0.6) is 5.75 Å². The highest BCUT2D eigenvalue weighted by Crippen LogP contribution is 2.27. The van der Waals surface area contributed by atoms with Crippen molar-refractivity contribution in [3.05, 3.63) is 76.9 Å². The van der Waals surface area contributed by atoms with Crippen molar-refractivity contribution in [2.24, 2.45) is 0 Å². The molecule has 0 saturated carbocycles. The van der Waals surface area contributed by atoms with Crippen LogP contribution in [0.15, 0.2) is 53.1 Å². The fourth-order valence-electron chi connectivity index (χ4n) is 3.82. The van der Waals surface area contributed by atoms with E-state index in [9.17, 15) is 4.79 Å². The van der Waals surface area contributed by atoms with E-state index >= 15 is 0 Å². The molecule has 1 saturated heterocycles. The minimum Gasteiger partial charge on any atom is -0.493 e. The Morgan fingerprint density at radius 1 is 1.17 bits per heavy atom. The van der Waals surface area contributed by atoms with Gasteiger partial charge in [-0.25, -0.2) is 0 Å². The largest absolute Gasteiger partial charge is 0.493 e. The van der Waals surface area contributed by atoms with Crippen LogP contribution in [0.2, 0.25) is 0 Å². The van der Waals surface area contributed by atoms with E-state index in [-0.39, 0.29) is 11.8 Å². The van der Waals surface area contributed by atoms with E-state index in [0.717, 1.165) is 41.8 Å². The number of benzene rings is 2. The van der Waals surface area contributed by atoms with E-state index in [1.165, 1.54) is 0 Å². The fraction of sp³-hybridized carbons (Fsp3) is 0.375. The minimum atomic E-state index is 0.0645. The first-order valence-corrected chi connectivity index (χ1v) is 10.5. The summed E-state index contributed by atoms with van der Waals surface area (Å²) in [6.45, 7) is 5.89. The molecule has 1 aromatic heterocycles. The first-order chi connectivity index (χ1) is 14.6. The molecule has 3 aromatic rings. The Balaban J connectivity index is 1.34. The van der Waals surface area contributed by atoms with Crippen LogP contribution < -0.4 is 4.74 Å². The summed E-state index contributed by atoms with van der Waals surface area (Å²) in [6, 6.07) is 15.7. The molecule has 0 aliphatic carbocycles. The summed E-state index contributed by atoms with van der Waals surface area (Å²) in [5, 5.41) is 4.11. The van der Waals surface area contributed by atoms with Crippen molar-refractivity contribution in [2.75, 3.05) is 19.7 Å². The Morgan fingerprint density at radius 2 is 1.97 bits per heavy atom. The van der Waals surface area contributed by atoms with Gasteiger partial charge in [-0.05, 0) is 56.5 Å². The monoisotopic (exact) mass is 405 g/mol. The van der Waals surface area contributed by atoms with Crippen LogP contribution in [0.4, 0.5) is 0 Å². The van der Waals surface area contributed by atoms with Gasteiger partial charge >= 0.3 is 0 Å². The smallest absolute Gasteiger partial charge is 0.253 e. The molecule has 1 unspecified atom stereocenters. The summed E-state index contributed by atoms with van der Waals surface area (Å²) >= 11 is 0. The Bertz CT molecular complexity index is 1010. The number of hydrogen-bond donors (Lipinski definition) is 0. The van der Waals surface area contributed by atoms with Crippen LogP contribution in [-0.4, -0.2) is 40.6 Å². The van der Waals surface area contributed by atoms with E-state index in [1.54, 1.807) is 0 Å². The Kier molecular flexibility index (Phi) is 6.12. The van der Waals surface area contributed by atoms with Crippen molar-refractivity contribution in [1.29, 1.82) is 0 Å². The van der Waals surface area contributed by atoms with Gasteiger partial charge in [0.1, 0.15) is 5.75 Å². The molecule has 1 atom stereocenters. The highest BCUT2D eigenvalue weighted by molar-refractivity contribution is 5.94. The zero-order valence-electron chi connectivity index (χ0n) is 17.5. The standard InChI is InChI=1S/C24H27N3O3/c1-17-6-3-8-19(14-17)24(28)27-12-5-9-20(16-27)23-25-22(26-30-23)11-13-29-21-10-4-7-18(2)15-21/h3-4,6-8,10,14-15,20H,5,9,11-13,16H2,1-2H3.